The molecule has 0 bridgehead atoms. The number of fused-ring (bicyclic) bond motifs is 7. The van der Waals surface area contributed by atoms with Gasteiger partial charge in [0.2, 0.25) is 0 Å². The van der Waals surface area contributed by atoms with Crippen LogP contribution in [0, 0.1) is 0 Å². The van der Waals surface area contributed by atoms with E-state index in [0.717, 1.165) is 49.8 Å². The SMILES string of the molecule is c1ccc(-c2nc(-c3ccc4ccc5ccccc5c4c3)nc(-c3ccc(-c4cccc5ccccc45)c4oc5ccccc5c34)n2)cc1. The van der Waals surface area contributed by atoms with Crippen molar-refractivity contribution in [1.82, 2.24) is 15.0 Å². The molecule has 0 unspecified atom stereocenters. The quantitative estimate of drug-likeness (QED) is 0.183. The third-order valence-corrected chi connectivity index (χ3v) is 9.52. The van der Waals surface area contributed by atoms with Gasteiger partial charge in [0.15, 0.2) is 17.5 Å². The standard InChI is InChI=1S/C45H27N3O/c1-2-13-31(14-3-1)43-46-44(32-24-23-30-22-21-29-12-5-7-17-34(29)39(30)27-32)48-45(47-43)38-26-25-36(35-19-10-15-28-11-4-6-16-33(28)35)42-41(38)37-18-8-9-20-40(37)49-42/h1-27H. The van der Waals surface area contributed by atoms with E-state index in [1.54, 1.807) is 0 Å². The van der Waals surface area contributed by atoms with Gasteiger partial charge in [-0.3, -0.25) is 0 Å². The Morgan fingerprint density at radius 3 is 1.78 bits per heavy atom. The third kappa shape index (κ3) is 4.49. The smallest absolute Gasteiger partial charge is 0.164 e. The fourth-order valence-electron chi connectivity index (χ4n) is 7.17. The zero-order chi connectivity index (χ0) is 32.3. The predicted molar refractivity (Wildman–Crippen MR) is 201 cm³/mol. The molecule has 228 valence electrons. The molecule has 10 aromatic rings. The van der Waals surface area contributed by atoms with E-state index in [1.165, 1.54) is 32.3 Å². The van der Waals surface area contributed by atoms with Gasteiger partial charge in [0.1, 0.15) is 11.2 Å². The van der Waals surface area contributed by atoms with Crippen LogP contribution < -0.4 is 0 Å². The number of furan rings is 1. The van der Waals surface area contributed by atoms with E-state index in [1.807, 2.05) is 42.5 Å². The first-order valence-corrected chi connectivity index (χ1v) is 16.4. The second-order valence-electron chi connectivity index (χ2n) is 12.4. The second kappa shape index (κ2) is 11.0. The summed E-state index contributed by atoms with van der Waals surface area (Å²) in [5, 5.41) is 9.13. The van der Waals surface area contributed by atoms with Gasteiger partial charge in [0, 0.05) is 33.0 Å². The summed E-state index contributed by atoms with van der Waals surface area (Å²) in [4.78, 5) is 15.4. The van der Waals surface area contributed by atoms with Crippen LogP contribution in [0.25, 0.3) is 99.5 Å². The van der Waals surface area contributed by atoms with E-state index in [2.05, 4.69) is 121 Å². The van der Waals surface area contributed by atoms with Crippen LogP contribution in [0.1, 0.15) is 0 Å². The molecule has 0 aliphatic rings. The zero-order valence-corrected chi connectivity index (χ0v) is 26.3. The lowest BCUT2D eigenvalue weighted by Crippen LogP contribution is -2.00. The Balaban J connectivity index is 1.25. The Hall–Kier alpha value is -6.65. The van der Waals surface area contributed by atoms with Crippen LogP contribution >= 0.6 is 0 Å². The van der Waals surface area contributed by atoms with Gasteiger partial charge >= 0.3 is 0 Å². The van der Waals surface area contributed by atoms with Crippen molar-refractivity contribution >= 4 is 54.3 Å². The Morgan fingerprint density at radius 2 is 0.939 bits per heavy atom. The first-order valence-electron chi connectivity index (χ1n) is 16.4. The Labute approximate surface area is 282 Å². The molecule has 0 saturated carbocycles. The molecular weight excluding hydrogens is 599 g/mol. The first kappa shape index (κ1) is 27.5. The summed E-state index contributed by atoms with van der Waals surface area (Å²) in [7, 11) is 0. The number of rotatable bonds is 4. The lowest BCUT2D eigenvalue weighted by Gasteiger charge is -2.12. The van der Waals surface area contributed by atoms with Crippen molar-refractivity contribution in [2.75, 3.05) is 0 Å². The van der Waals surface area contributed by atoms with Gasteiger partial charge in [-0.05, 0) is 62.1 Å². The fraction of sp³-hybridized carbons (Fsp3) is 0. The Bertz CT molecular complexity index is 2890. The maximum atomic E-state index is 6.70. The van der Waals surface area contributed by atoms with Crippen LogP contribution in [0.3, 0.4) is 0 Å². The highest BCUT2D eigenvalue weighted by Crippen LogP contribution is 2.43. The molecule has 0 radical (unpaired) electrons. The van der Waals surface area contributed by atoms with Crippen LogP contribution in [0.15, 0.2) is 168 Å². The molecule has 8 aromatic carbocycles. The molecule has 10 rings (SSSR count). The average molecular weight is 626 g/mol. The van der Waals surface area contributed by atoms with Crippen molar-refractivity contribution < 1.29 is 4.42 Å². The third-order valence-electron chi connectivity index (χ3n) is 9.52. The van der Waals surface area contributed by atoms with Crippen molar-refractivity contribution in [1.29, 1.82) is 0 Å². The molecule has 0 N–H and O–H groups in total. The minimum atomic E-state index is 0.600. The highest BCUT2D eigenvalue weighted by atomic mass is 16.3. The summed E-state index contributed by atoms with van der Waals surface area (Å²) in [5.74, 6) is 1.85. The minimum absolute atomic E-state index is 0.600. The molecule has 49 heavy (non-hydrogen) atoms. The van der Waals surface area contributed by atoms with Gasteiger partial charge in [0.25, 0.3) is 0 Å². The van der Waals surface area contributed by atoms with Gasteiger partial charge < -0.3 is 4.42 Å². The van der Waals surface area contributed by atoms with E-state index >= 15 is 0 Å². The van der Waals surface area contributed by atoms with Gasteiger partial charge in [-0.2, -0.15) is 0 Å². The van der Waals surface area contributed by atoms with E-state index in [0.29, 0.717) is 17.5 Å². The number of nitrogens with zero attached hydrogens (tertiary/aromatic N) is 3. The summed E-state index contributed by atoms with van der Waals surface area (Å²) < 4.78 is 6.70. The molecule has 0 amide bonds. The Morgan fingerprint density at radius 1 is 0.347 bits per heavy atom. The van der Waals surface area contributed by atoms with Gasteiger partial charge in [0.05, 0.1) is 0 Å². The molecule has 0 fully saturated rings. The largest absolute Gasteiger partial charge is 0.455 e. The van der Waals surface area contributed by atoms with E-state index in [4.69, 9.17) is 19.4 Å². The van der Waals surface area contributed by atoms with Crippen LogP contribution in [0.5, 0.6) is 0 Å². The van der Waals surface area contributed by atoms with Crippen molar-refractivity contribution in [2.45, 2.75) is 0 Å². The fourth-order valence-corrected chi connectivity index (χ4v) is 7.17. The highest BCUT2D eigenvalue weighted by Gasteiger charge is 2.21. The molecular formula is C45H27N3O. The summed E-state index contributed by atoms with van der Waals surface area (Å²) in [6, 6.07) is 56.9. The van der Waals surface area contributed by atoms with Crippen LogP contribution in [-0.2, 0) is 0 Å². The predicted octanol–water partition coefficient (Wildman–Crippen LogP) is 11.9. The number of hydrogen-bond acceptors (Lipinski definition) is 4. The monoisotopic (exact) mass is 625 g/mol. The summed E-state index contributed by atoms with van der Waals surface area (Å²) in [6.07, 6.45) is 0. The van der Waals surface area contributed by atoms with Gasteiger partial charge in [-0.15, -0.1) is 0 Å². The Kier molecular flexibility index (Phi) is 6.15. The number of aromatic nitrogens is 3. The molecule has 0 aliphatic heterocycles. The molecule has 0 atom stereocenters. The summed E-state index contributed by atoms with van der Waals surface area (Å²) in [5.41, 5.74) is 6.56. The molecule has 4 nitrogen and oxygen atoms in total. The highest BCUT2D eigenvalue weighted by molar-refractivity contribution is 6.17. The van der Waals surface area contributed by atoms with Crippen LogP contribution in [-0.4, -0.2) is 15.0 Å². The zero-order valence-electron chi connectivity index (χ0n) is 26.3. The first-order chi connectivity index (χ1) is 24.3. The minimum Gasteiger partial charge on any atom is -0.455 e. The molecule has 2 heterocycles. The molecule has 4 heteroatoms. The lowest BCUT2D eigenvalue weighted by molar-refractivity contribution is 0.670. The van der Waals surface area contributed by atoms with E-state index in [9.17, 15) is 0 Å². The molecule has 0 saturated heterocycles. The second-order valence-corrected chi connectivity index (χ2v) is 12.4. The topological polar surface area (TPSA) is 51.8 Å². The normalized spacial score (nSPS) is 11.7. The summed E-state index contributed by atoms with van der Waals surface area (Å²) >= 11 is 0. The lowest BCUT2D eigenvalue weighted by atomic mass is 9.94. The maximum Gasteiger partial charge on any atom is 0.164 e. The summed E-state index contributed by atoms with van der Waals surface area (Å²) in [6.45, 7) is 0. The number of benzene rings is 8. The van der Waals surface area contributed by atoms with E-state index < -0.39 is 0 Å². The van der Waals surface area contributed by atoms with E-state index in [-0.39, 0.29) is 0 Å². The van der Waals surface area contributed by atoms with Crippen molar-refractivity contribution in [3.05, 3.63) is 164 Å². The van der Waals surface area contributed by atoms with Crippen molar-refractivity contribution in [3.63, 3.8) is 0 Å². The van der Waals surface area contributed by atoms with Crippen molar-refractivity contribution in [3.8, 4) is 45.3 Å². The van der Waals surface area contributed by atoms with Crippen LogP contribution in [0.2, 0.25) is 0 Å². The average Bonchev–Trinajstić information content (AvgIpc) is 3.57. The number of para-hydroxylation sites is 1. The molecule has 2 aromatic heterocycles. The van der Waals surface area contributed by atoms with Gasteiger partial charge in [-0.25, -0.2) is 15.0 Å². The molecule has 0 spiro atoms. The van der Waals surface area contributed by atoms with Gasteiger partial charge in [-0.1, -0.05) is 140 Å². The molecule has 0 aliphatic carbocycles. The van der Waals surface area contributed by atoms with Crippen molar-refractivity contribution in [2.24, 2.45) is 0 Å². The number of hydrogen-bond donors (Lipinski definition) is 0. The maximum absolute atomic E-state index is 6.70. The van der Waals surface area contributed by atoms with Crippen LogP contribution in [0.4, 0.5) is 0 Å².